The van der Waals surface area contributed by atoms with E-state index in [2.05, 4.69) is 10.4 Å². The molecule has 3 heteroatoms. The van der Waals surface area contributed by atoms with Gasteiger partial charge in [0.15, 0.2) is 0 Å². The molecule has 1 aliphatic carbocycles. The van der Waals surface area contributed by atoms with Crippen molar-refractivity contribution in [2.45, 2.75) is 51.0 Å². The zero-order valence-corrected chi connectivity index (χ0v) is 9.45. The van der Waals surface area contributed by atoms with E-state index in [9.17, 15) is 4.79 Å². The minimum absolute atomic E-state index is 0.596. The van der Waals surface area contributed by atoms with Crippen LogP contribution in [-0.2, 0) is 4.79 Å². The Morgan fingerprint density at radius 1 is 1.20 bits per heavy atom. The highest BCUT2D eigenvalue weighted by molar-refractivity contribution is 5.49. The first-order valence-electron chi connectivity index (χ1n) is 6.33. The minimum atomic E-state index is 0.596. The Bertz CT molecular complexity index is 202. The van der Waals surface area contributed by atoms with E-state index in [1.807, 2.05) is 0 Å². The van der Waals surface area contributed by atoms with Crippen LogP contribution in [0.4, 0.5) is 0 Å². The largest absolute Gasteiger partial charge is 0.303 e. The standard InChI is InChI=1S/C12H22N2O/c15-9-7-11-6-8-14(10-11)13-12-4-2-1-3-5-12/h9,11-13H,1-8,10H2. The topological polar surface area (TPSA) is 32.3 Å². The van der Waals surface area contributed by atoms with Crippen molar-refractivity contribution in [3.63, 3.8) is 0 Å². The molecule has 15 heavy (non-hydrogen) atoms. The predicted molar refractivity (Wildman–Crippen MR) is 60.4 cm³/mol. The lowest BCUT2D eigenvalue weighted by molar-refractivity contribution is -0.108. The molecule has 1 N–H and O–H groups in total. The molecule has 0 aromatic carbocycles. The van der Waals surface area contributed by atoms with Crippen molar-refractivity contribution in [2.24, 2.45) is 5.92 Å². The zero-order valence-electron chi connectivity index (χ0n) is 9.45. The summed E-state index contributed by atoms with van der Waals surface area (Å²) in [5.41, 5.74) is 3.62. The Hall–Kier alpha value is -0.410. The van der Waals surface area contributed by atoms with Crippen LogP contribution in [0.3, 0.4) is 0 Å². The smallest absolute Gasteiger partial charge is 0.120 e. The molecular weight excluding hydrogens is 188 g/mol. The normalized spacial score (nSPS) is 29.5. The lowest BCUT2D eigenvalue weighted by atomic mass is 9.96. The molecular formula is C12H22N2O. The second-order valence-corrected chi connectivity index (χ2v) is 4.97. The fraction of sp³-hybridized carbons (Fsp3) is 0.917. The van der Waals surface area contributed by atoms with Gasteiger partial charge in [0.2, 0.25) is 0 Å². The van der Waals surface area contributed by atoms with E-state index in [1.54, 1.807) is 0 Å². The van der Waals surface area contributed by atoms with E-state index in [1.165, 1.54) is 38.5 Å². The lowest BCUT2D eigenvalue weighted by Crippen LogP contribution is -2.44. The Kier molecular flexibility index (Phi) is 4.15. The number of carbonyl (C=O) groups is 1. The van der Waals surface area contributed by atoms with Gasteiger partial charge in [-0.1, -0.05) is 19.3 Å². The average molecular weight is 210 g/mol. The zero-order chi connectivity index (χ0) is 10.5. The first kappa shape index (κ1) is 11.1. The third-order valence-electron chi connectivity index (χ3n) is 3.69. The molecule has 0 spiro atoms. The highest BCUT2D eigenvalue weighted by atomic mass is 16.1. The van der Waals surface area contributed by atoms with E-state index in [0.717, 1.165) is 25.8 Å². The number of rotatable bonds is 4. The molecule has 2 fully saturated rings. The van der Waals surface area contributed by atoms with Gasteiger partial charge in [-0.15, -0.1) is 0 Å². The van der Waals surface area contributed by atoms with Crippen molar-refractivity contribution in [1.29, 1.82) is 0 Å². The Labute approximate surface area is 92.2 Å². The first-order valence-corrected chi connectivity index (χ1v) is 6.33. The summed E-state index contributed by atoms with van der Waals surface area (Å²) in [5.74, 6) is 0.596. The van der Waals surface area contributed by atoms with E-state index < -0.39 is 0 Å². The molecule has 2 rings (SSSR count). The molecule has 1 unspecified atom stereocenters. The maximum atomic E-state index is 10.4. The molecule has 0 aromatic rings. The number of hydrazine groups is 1. The van der Waals surface area contributed by atoms with Crippen LogP contribution in [0.25, 0.3) is 0 Å². The molecule has 86 valence electrons. The van der Waals surface area contributed by atoms with Crippen LogP contribution in [0.5, 0.6) is 0 Å². The molecule has 3 nitrogen and oxygen atoms in total. The highest BCUT2D eigenvalue weighted by Crippen LogP contribution is 2.21. The van der Waals surface area contributed by atoms with Gasteiger partial charge in [-0.05, 0) is 25.2 Å². The molecule has 2 aliphatic rings. The van der Waals surface area contributed by atoms with Gasteiger partial charge in [0, 0.05) is 25.6 Å². The average Bonchev–Trinajstić information content (AvgIpc) is 2.68. The van der Waals surface area contributed by atoms with Crippen LogP contribution >= 0.6 is 0 Å². The second-order valence-electron chi connectivity index (χ2n) is 4.97. The maximum Gasteiger partial charge on any atom is 0.120 e. The SMILES string of the molecule is O=CCC1CCN(NC2CCCCC2)C1. The number of hydrogen-bond acceptors (Lipinski definition) is 3. The van der Waals surface area contributed by atoms with Gasteiger partial charge in [-0.25, -0.2) is 5.01 Å². The highest BCUT2D eigenvalue weighted by Gasteiger charge is 2.24. The van der Waals surface area contributed by atoms with Gasteiger partial charge in [-0.2, -0.15) is 0 Å². The lowest BCUT2D eigenvalue weighted by Gasteiger charge is -2.28. The van der Waals surface area contributed by atoms with E-state index in [0.29, 0.717) is 12.0 Å². The minimum Gasteiger partial charge on any atom is -0.303 e. The third-order valence-corrected chi connectivity index (χ3v) is 3.69. The van der Waals surface area contributed by atoms with E-state index in [-0.39, 0.29) is 0 Å². The summed E-state index contributed by atoms with van der Waals surface area (Å²) < 4.78 is 0. The molecule has 0 amide bonds. The van der Waals surface area contributed by atoms with Crippen LogP contribution in [0, 0.1) is 5.92 Å². The molecule has 1 heterocycles. The Morgan fingerprint density at radius 2 is 2.00 bits per heavy atom. The van der Waals surface area contributed by atoms with Crippen molar-refractivity contribution in [1.82, 2.24) is 10.4 Å². The summed E-state index contributed by atoms with van der Waals surface area (Å²) in [5, 5.41) is 2.34. The molecule has 1 saturated carbocycles. The molecule has 0 aromatic heterocycles. The van der Waals surface area contributed by atoms with Crippen molar-refractivity contribution >= 4 is 6.29 Å². The van der Waals surface area contributed by atoms with Gasteiger partial charge in [-0.3, -0.25) is 5.43 Å². The summed E-state index contributed by atoms with van der Waals surface area (Å²) in [6.07, 6.45) is 9.80. The molecule has 1 aliphatic heterocycles. The number of carbonyl (C=O) groups excluding carboxylic acids is 1. The van der Waals surface area contributed by atoms with Gasteiger partial charge in [0.05, 0.1) is 0 Å². The van der Waals surface area contributed by atoms with Crippen LogP contribution in [-0.4, -0.2) is 30.4 Å². The summed E-state index contributed by atoms with van der Waals surface area (Å²) in [6, 6.07) is 0.703. The monoisotopic (exact) mass is 210 g/mol. The molecule has 1 saturated heterocycles. The summed E-state index contributed by atoms with van der Waals surface area (Å²) >= 11 is 0. The first-order chi connectivity index (χ1) is 7.38. The fourth-order valence-electron chi connectivity index (χ4n) is 2.77. The number of aldehydes is 1. The number of nitrogens with one attached hydrogen (secondary N) is 1. The molecule has 1 atom stereocenters. The van der Waals surface area contributed by atoms with Gasteiger partial charge in [0.25, 0.3) is 0 Å². The van der Waals surface area contributed by atoms with Crippen LogP contribution < -0.4 is 5.43 Å². The van der Waals surface area contributed by atoms with Crippen LogP contribution in [0.15, 0.2) is 0 Å². The molecule has 0 bridgehead atoms. The summed E-state index contributed by atoms with van der Waals surface area (Å²) in [7, 11) is 0. The summed E-state index contributed by atoms with van der Waals surface area (Å²) in [4.78, 5) is 10.4. The number of nitrogens with zero attached hydrogens (tertiary/aromatic N) is 1. The second kappa shape index (κ2) is 5.61. The van der Waals surface area contributed by atoms with Crippen LogP contribution in [0.2, 0.25) is 0 Å². The van der Waals surface area contributed by atoms with E-state index in [4.69, 9.17) is 0 Å². The van der Waals surface area contributed by atoms with E-state index >= 15 is 0 Å². The number of hydrogen-bond donors (Lipinski definition) is 1. The maximum absolute atomic E-state index is 10.4. The predicted octanol–water partition coefficient (Wildman–Crippen LogP) is 1.73. The summed E-state index contributed by atoms with van der Waals surface area (Å²) in [6.45, 7) is 2.18. The Balaban J connectivity index is 1.69. The molecule has 0 radical (unpaired) electrons. The van der Waals surface area contributed by atoms with Crippen molar-refractivity contribution < 1.29 is 4.79 Å². The van der Waals surface area contributed by atoms with Gasteiger partial charge < -0.3 is 4.79 Å². The fourth-order valence-corrected chi connectivity index (χ4v) is 2.77. The van der Waals surface area contributed by atoms with Crippen molar-refractivity contribution in [3.05, 3.63) is 0 Å². The van der Waals surface area contributed by atoms with Crippen LogP contribution in [0.1, 0.15) is 44.9 Å². The quantitative estimate of drug-likeness (QED) is 0.717. The van der Waals surface area contributed by atoms with Crippen molar-refractivity contribution in [3.8, 4) is 0 Å². The third kappa shape index (κ3) is 3.28. The van der Waals surface area contributed by atoms with Gasteiger partial charge >= 0.3 is 0 Å². The Morgan fingerprint density at radius 3 is 2.73 bits per heavy atom. The van der Waals surface area contributed by atoms with Crippen molar-refractivity contribution in [2.75, 3.05) is 13.1 Å². The van der Waals surface area contributed by atoms with Gasteiger partial charge in [0.1, 0.15) is 6.29 Å².